The lowest BCUT2D eigenvalue weighted by atomic mass is 10.4. The van der Waals surface area contributed by atoms with Crippen molar-refractivity contribution >= 4 is 0 Å². The van der Waals surface area contributed by atoms with Crippen LogP contribution in [0.4, 0.5) is 4.39 Å². The maximum absolute atomic E-state index is 12.5. The molecule has 0 aliphatic carbocycles. The maximum atomic E-state index is 12.5. The average molecular weight is 171 g/mol. The monoisotopic (exact) mass is 171 g/mol. The molecule has 0 aromatic carbocycles. The predicted octanol–water partition coefficient (Wildman–Crippen LogP) is 0.980. The van der Waals surface area contributed by atoms with E-state index < -0.39 is 11.9 Å². The number of pyridine rings is 1. The Morgan fingerprint density at radius 3 is 3.00 bits per heavy atom. The molecule has 0 spiro atoms. The Hall–Kier alpha value is -1.16. The molecule has 66 valence electrons. The van der Waals surface area contributed by atoms with E-state index in [0.29, 0.717) is 5.75 Å². The SMILES string of the molecule is CC(O)COc1cncc(F)c1. The zero-order valence-electron chi connectivity index (χ0n) is 6.70. The number of aliphatic hydroxyl groups is 1. The molecule has 12 heavy (non-hydrogen) atoms. The first-order chi connectivity index (χ1) is 5.68. The zero-order valence-corrected chi connectivity index (χ0v) is 6.70. The lowest BCUT2D eigenvalue weighted by molar-refractivity contribution is 0.122. The molecular weight excluding hydrogens is 161 g/mol. The molecule has 1 atom stereocenters. The van der Waals surface area contributed by atoms with Gasteiger partial charge in [0.25, 0.3) is 0 Å². The van der Waals surface area contributed by atoms with Crippen LogP contribution in [0.25, 0.3) is 0 Å². The van der Waals surface area contributed by atoms with Gasteiger partial charge in [-0.1, -0.05) is 0 Å². The van der Waals surface area contributed by atoms with Crippen LogP contribution >= 0.6 is 0 Å². The van der Waals surface area contributed by atoms with E-state index in [9.17, 15) is 4.39 Å². The standard InChI is InChI=1S/C8H10FNO2/c1-6(11)5-12-8-2-7(9)3-10-4-8/h2-4,6,11H,5H2,1H3. The fraction of sp³-hybridized carbons (Fsp3) is 0.375. The Morgan fingerprint density at radius 1 is 1.67 bits per heavy atom. The van der Waals surface area contributed by atoms with Crippen molar-refractivity contribution in [3.63, 3.8) is 0 Å². The smallest absolute Gasteiger partial charge is 0.145 e. The normalized spacial score (nSPS) is 12.6. The van der Waals surface area contributed by atoms with Crippen LogP contribution in [0.1, 0.15) is 6.92 Å². The van der Waals surface area contributed by atoms with E-state index >= 15 is 0 Å². The molecule has 1 rings (SSSR count). The molecular formula is C8H10FNO2. The number of aliphatic hydroxyl groups excluding tert-OH is 1. The summed E-state index contributed by atoms with van der Waals surface area (Å²) in [5.41, 5.74) is 0. The number of aromatic nitrogens is 1. The highest BCUT2D eigenvalue weighted by Crippen LogP contribution is 2.09. The number of rotatable bonds is 3. The first-order valence-corrected chi connectivity index (χ1v) is 3.60. The van der Waals surface area contributed by atoms with Crippen LogP contribution < -0.4 is 4.74 Å². The van der Waals surface area contributed by atoms with E-state index in [2.05, 4.69) is 4.98 Å². The summed E-state index contributed by atoms with van der Waals surface area (Å²) in [5.74, 6) is -0.117. The van der Waals surface area contributed by atoms with Gasteiger partial charge in [-0.25, -0.2) is 4.39 Å². The van der Waals surface area contributed by atoms with Gasteiger partial charge in [0.2, 0.25) is 0 Å². The summed E-state index contributed by atoms with van der Waals surface area (Å²) in [6.07, 6.45) is 1.93. The molecule has 1 aromatic heterocycles. The summed E-state index contributed by atoms with van der Waals surface area (Å²) in [7, 11) is 0. The molecule has 4 heteroatoms. The maximum Gasteiger partial charge on any atom is 0.145 e. The predicted molar refractivity (Wildman–Crippen MR) is 41.4 cm³/mol. The third kappa shape index (κ3) is 2.84. The van der Waals surface area contributed by atoms with Crippen molar-refractivity contribution in [2.75, 3.05) is 6.61 Å². The number of halogens is 1. The van der Waals surface area contributed by atoms with Gasteiger partial charge in [0.05, 0.1) is 18.5 Å². The number of hydrogen-bond donors (Lipinski definition) is 1. The fourth-order valence-electron chi connectivity index (χ4n) is 0.688. The molecule has 0 amide bonds. The molecule has 3 nitrogen and oxygen atoms in total. The largest absolute Gasteiger partial charge is 0.489 e. The van der Waals surface area contributed by atoms with Crippen LogP contribution in [0.5, 0.6) is 5.75 Å². The lowest BCUT2D eigenvalue weighted by Gasteiger charge is -2.06. The second-order valence-corrected chi connectivity index (χ2v) is 2.50. The molecule has 0 fully saturated rings. The van der Waals surface area contributed by atoms with Gasteiger partial charge in [0.1, 0.15) is 18.2 Å². The van der Waals surface area contributed by atoms with E-state index in [0.717, 1.165) is 6.20 Å². The zero-order chi connectivity index (χ0) is 8.97. The molecule has 1 heterocycles. The quantitative estimate of drug-likeness (QED) is 0.737. The van der Waals surface area contributed by atoms with Crippen LogP contribution in [-0.2, 0) is 0 Å². The highest BCUT2D eigenvalue weighted by Gasteiger charge is 1.99. The van der Waals surface area contributed by atoms with Gasteiger partial charge >= 0.3 is 0 Å². The average Bonchev–Trinajstić information content (AvgIpc) is 2.01. The summed E-state index contributed by atoms with van der Waals surface area (Å²) in [4.78, 5) is 3.58. The highest BCUT2D eigenvalue weighted by atomic mass is 19.1. The molecule has 0 bridgehead atoms. The van der Waals surface area contributed by atoms with E-state index in [1.165, 1.54) is 12.3 Å². The van der Waals surface area contributed by atoms with Gasteiger partial charge in [-0.05, 0) is 6.92 Å². The van der Waals surface area contributed by atoms with Crippen molar-refractivity contribution in [2.45, 2.75) is 13.0 Å². The summed E-state index contributed by atoms with van der Waals surface area (Å²) in [6, 6.07) is 1.22. The Balaban J connectivity index is 2.52. The summed E-state index contributed by atoms with van der Waals surface area (Å²) < 4.78 is 17.5. The van der Waals surface area contributed by atoms with E-state index in [-0.39, 0.29) is 6.61 Å². The summed E-state index contributed by atoms with van der Waals surface area (Å²) in [6.45, 7) is 1.73. The highest BCUT2D eigenvalue weighted by molar-refractivity contribution is 5.16. The second kappa shape index (κ2) is 4.01. The molecule has 0 saturated heterocycles. The third-order valence-corrected chi connectivity index (χ3v) is 1.17. The second-order valence-electron chi connectivity index (χ2n) is 2.50. The third-order valence-electron chi connectivity index (χ3n) is 1.17. The molecule has 1 unspecified atom stereocenters. The minimum Gasteiger partial charge on any atom is -0.489 e. The van der Waals surface area contributed by atoms with Crippen molar-refractivity contribution in [1.29, 1.82) is 0 Å². The molecule has 0 radical (unpaired) electrons. The van der Waals surface area contributed by atoms with Crippen molar-refractivity contribution in [2.24, 2.45) is 0 Å². The Labute approximate surface area is 69.8 Å². The fourth-order valence-corrected chi connectivity index (χ4v) is 0.688. The van der Waals surface area contributed by atoms with Crippen LogP contribution in [0, 0.1) is 5.82 Å². The number of nitrogens with zero attached hydrogens (tertiary/aromatic N) is 1. The van der Waals surface area contributed by atoms with E-state index in [1.54, 1.807) is 6.92 Å². The van der Waals surface area contributed by atoms with Gasteiger partial charge in [-0.2, -0.15) is 0 Å². The van der Waals surface area contributed by atoms with Gasteiger partial charge in [0, 0.05) is 6.07 Å². The Morgan fingerprint density at radius 2 is 2.42 bits per heavy atom. The lowest BCUT2D eigenvalue weighted by Crippen LogP contribution is -2.12. The van der Waals surface area contributed by atoms with Crippen molar-refractivity contribution in [1.82, 2.24) is 4.98 Å². The van der Waals surface area contributed by atoms with Crippen LogP contribution in [0.3, 0.4) is 0 Å². The van der Waals surface area contributed by atoms with Crippen molar-refractivity contribution in [3.05, 3.63) is 24.3 Å². The van der Waals surface area contributed by atoms with Crippen LogP contribution in [0.2, 0.25) is 0 Å². The molecule has 1 N–H and O–H groups in total. The van der Waals surface area contributed by atoms with Gasteiger partial charge in [-0.15, -0.1) is 0 Å². The first-order valence-electron chi connectivity index (χ1n) is 3.60. The first kappa shape index (κ1) is 8.93. The minimum absolute atomic E-state index is 0.144. The summed E-state index contributed by atoms with van der Waals surface area (Å²) >= 11 is 0. The summed E-state index contributed by atoms with van der Waals surface area (Å²) in [5, 5.41) is 8.84. The van der Waals surface area contributed by atoms with Crippen LogP contribution in [0.15, 0.2) is 18.5 Å². The molecule has 1 aromatic rings. The number of hydrogen-bond acceptors (Lipinski definition) is 3. The van der Waals surface area contributed by atoms with Gasteiger partial charge in [-0.3, -0.25) is 4.98 Å². The van der Waals surface area contributed by atoms with Crippen molar-refractivity contribution in [3.8, 4) is 5.75 Å². The molecule has 0 saturated carbocycles. The molecule has 0 aliphatic rings. The number of ether oxygens (including phenoxy) is 1. The Kier molecular flexibility index (Phi) is 2.99. The van der Waals surface area contributed by atoms with E-state index in [1.807, 2.05) is 0 Å². The van der Waals surface area contributed by atoms with Gasteiger partial charge < -0.3 is 9.84 Å². The topological polar surface area (TPSA) is 42.4 Å². The molecule has 0 aliphatic heterocycles. The minimum atomic E-state index is -0.562. The van der Waals surface area contributed by atoms with Crippen LogP contribution in [-0.4, -0.2) is 22.8 Å². The van der Waals surface area contributed by atoms with E-state index in [4.69, 9.17) is 9.84 Å². The van der Waals surface area contributed by atoms with Crippen molar-refractivity contribution < 1.29 is 14.2 Å². The Bertz CT molecular complexity index is 253. The van der Waals surface area contributed by atoms with Gasteiger partial charge in [0.15, 0.2) is 0 Å².